The van der Waals surface area contributed by atoms with Crippen LogP contribution in [0, 0.1) is 11.3 Å². The third-order valence-electron chi connectivity index (χ3n) is 5.42. The summed E-state index contributed by atoms with van der Waals surface area (Å²) in [5.74, 6) is -0.212. The van der Waals surface area contributed by atoms with Crippen molar-refractivity contribution in [1.29, 1.82) is 5.41 Å². The topological polar surface area (TPSA) is 106 Å². The molecule has 0 bridgehead atoms. The van der Waals surface area contributed by atoms with Crippen LogP contribution in [-0.2, 0) is 29.2 Å². The van der Waals surface area contributed by atoms with E-state index < -0.39 is 12.2 Å². The summed E-state index contributed by atoms with van der Waals surface area (Å²) in [7, 11) is 0. The SMILES string of the molecule is N=C(C1CCCCC1)N(C(=O)OCc1ccccc1)C(=O)OCc1ccc(CN)cc1. The molecule has 1 aliphatic rings. The van der Waals surface area contributed by atoms with Crippen LogP contribution in [0.15, 0.2) is 54.6 Å². The number of nitrogens with two attached hydrogens (primary N) is 1. The summed E-state index contributed by atoms with van der Waals surface area (Å²) in [5, 5.41) is 8.53. The highest BCUT2D eigenvalue weighted by Crippen LogP contribution is 2.26. The van der Waals surface area contributed by atoms with Crippen molar-refractivity contribution in [1.82, 2.24) is 4.90 Å². The zero-order valence-electron chi connectivity index (χ0n) is 17.6. The van der Waals surface area contributed by atoms with E-state index in [9.17, 15) is 9.59 Å². The number of carbonyl (C=O) groups excluding carboxylic acids is 2. The predicted octanol–water partition coefficient (Wildman–Crippen LogP) is 4.98. The molecule has 3 N–H and O–H groups in total. The maximum Gasteiger partial charge on any atom is 0.425 e. The maximum absolute atomic E-state index is 12.8. The van der Waals surface area contributed by atoms with Gasteiger partial charge in [-0.05, 0) is 29.5 Å². The number of imide groups is 1. The molecule has 1 fully saturated rings. The van der Waals surface area contributed by atoms with Gasteiger partial charge in [-0.25, -0.2) is 9.59 Å². The van der Waals surface area contributed by atoms with E-state index in [1.54, 1.807) is 0 Å². The lowest BCUT2D eigenvalue weighted by Crippen LogP contribution is -2.45. The summed E-state index contributed by atoms with van der Waals surface area (Å²) in [6.45, 7) is 0.436. The van der Waals surface area contributed by atoms with Crippen molar-refractivity contribution in [3.8, 4) is 0 Å². The molecular formula is C24H29N3O4. The molecule has 0 aromatic heterocycles. The highest BCUT2D eigenvalue weighted by atomic mass is 16.6. The zero-order valence-corrected chi connectivity index (χ0v) is 17.6. The van der Waals surface area contributed by atoms with Crippen molar-refractivity contribution in [2.75, 3.05) is 0 Å². The largest absolute Gasteiger partial charge is 0.444 e. The number of carbonyl (C=O) groups is 2. The van der Waals surface area contributed by atoms with Gasteiger partial charge in [0.25, 0.3) is 0 Å². The van der Waals surface area contributed by atoms with Crippen molar-refractivity contribution in [2.45, 2.75) is 51.9 Å². The molecule has 0 radical (unpaired) electrons. The first-order valence-electron chi connectivity index (χ1n) is 10.6. The first-order valence-corrected chi connectivity index (χ1v) is 10.6. The van der Waals surface area contributed by atoms with E-state index in [0.29, 0.717) is 6.54 Å². The molecule has 2 amide bonds. The lowest BCUT2D eigenvalue weighted by molar-refractivity contribution is 0.0869. The number of ether oxygens (including phenoxy) is 2. The van der Waals surface area contributed by atoms with Crippen molar-refractivity contribution in [3.05, 3.63) is 71.3 Å². The first-order chi connectivity index (χ1) is 15.1. The lowest BCUT2D eigenvalue weighted by Gasteiger charge is -2.28. The third-order valence-corrected chi connectivity index (χ3v) is 5.42. The molecule has 0 saturated heterocycles. The normalized spacial score (nSPS) is 14.0. The van der Waals surface area contributed by atoms with Gasteiger partial charge in [-0.15, -0.1) is 0 Å². The third kappa shape index (κ3) is 6.39. The summed E-state index contributed by atoms with van der Waals surface area (Å²) in [6, 6.07) is 16.6. The van der Waals surface area contributed by atoms with E-state index in [4.69, 9.17) is 20.6 Å². The van der Waals surface area contributed by atoms with Crippen LogP contribution >= 0.6 is 0 Å². The van der Waals surface area contributed by atoms with Crippen molar-refractivity contribution in [3.63, 3.8) is 0 Å². The molecule has 7 heteroatoms. The number of amides is 2. The van der Waals surface area contributed by atoms with Gasteiger partial charge in [-0.3, -0.25) is 5.41 Å². The van der Waals surface area contributed by atoms with Crippen LogP contribution in [0.3, 0.4) is 0 Å². The van der Waals surface area contributed by atoms with Gasteiger partial charge in [0.05, 0.1) is 0 Å². The Bertz CT molecular complexity index is 877. The van der Waals surface area contributed by atoms with Gasteiger partial charge in [0.15, 0.2) is 0 Å². The maximum atomic E-state index is 12.8. The van der Waals surface area contributed by atoms with Crippen LogP contribution in [0.2, 0.25) is 0 Å². The monoisotopic (exact) mass is 423 g/mol. The van der Waals surface area contributed by atoms with Crippen LogP contribution in [0.25, 0.3) is 0 Å². The van der Waals surface area contributed by atoms with Gasteiger partial charge in [0, 0.05) is 12.5 Å². The molecule has 31 heavy (non-hydrogen) atoms. The average molecular weight is 424 g/mol. The fourth-order valence-corrected chi connectivity index (χ4v) is 3.59. The summed E-state index contributed by atoms with van der Waals surface area (Å²) in [4.78, 5) is 26.3. The van der Waals surface area contributed by atoms with E-state index in [2.05, 4.69) is 0 Å². The number of hydrogen-bond acceptors (Lipinski definition) is 6. The minimum Gasteiger partial charge on any atom is -0.444 e. The Hall–Kier alpha value is -3.19. The molecule has 2 aromatic carbocycles. The number of hydrogen-bond donors (Lipinski definition) is 2. The van der Waals surface area contributed by atoms with E-state index in [0.717, 1.165) is 53.7 Å². The average Bonchev–Trinajstić information content (AvgIpc) is 2.83. The fraction of sp³-hybridized carbons (Fsp3) is 0.375. The lowest BCUT2D eigenvalue weighted by atomic mass is 9.88. The second-order valence-corrected chi connectivity index (χ2v) is 7.67. The minimum absolute atomic E-state index is 0.00982. The van der Waals surface area contributed by atoms with Crippen LogP contribution in [0.4, 0.5) is 9.59 Å². The van der Waals surface area contributed by atoms with Gasteiger partial charge >= 0.3 is 12.2 Å². The molecular weight excluding hydrogens is 394 g/mol. The molecule has 7 nitrogen and oxygen atoms in total. The van der Waals surface area contributed by atoms with E-state index in [1.165, 1.54) is 0 Å². The van der Waals surface area contributed by atoms with Crippen molar-refractivity contribution < 1.29 is 19.1 Å². The standard InChI is InChI=1S/C24H29N3O4/c25-15-18-11-13-20(14-12-18)17-31-24(29)27(22(26)21-9-5-2-6-10-21)23(28)30-16-19-7-3-1-4-8-19/h1,3-4,7-8,11-14,21,26H,2,5-6,9-10,15-17,25H2. The van der Waals surface area contributed by atoms with Gasteiger partial charge in [-0.1, -0.05) is 73.9 Å². The van der Waals surface area contributed by atoms with Gasteiger partial charge in [0.2, 0.25) is 0 Å². The highest BCUT2D eigenvalue weighted by molar-refractivity contribution is 6.08. The smallest absolute Gasteiger partial charge is 0.425 e. The molecule has 3 rings (SSSR count). The van der Waals surface area contributed by atoms with Crippen LogP contribution in [0.1, 0.15) is 48.8 Å². The molecule has 0 unspecified atom stereocenters. The second-order valence-electron chi connectivity index (χ2n) is 7.67. The molecule has 0 atom stereocenters. The van der Waals surface area contributed by atoms with E-state index >= 15 is 0 Å². The summed E-state index contributed by atoms with van der Waals surface area (Å²) < 4.78 is 10.7. The summed E-state index contributed by atoms with van der Waals surface area (Å²) >= 11 is 0. The number of nitrogens with one attached hydrogen (secondary N) is 1. The van der Waals surface area contributed by atoms with Crippen LogP contribution in [-0.4, -0.2) is 22.9 Å². The Labute approximate surface area is 182 Å². The number of rotatable bonds is 6. The van der Waals surface area contributed by atoms with Crippen LogP contribution in [0.5, 0.6) is 0 Å². The molecule has 1 saturated carbocycles. The van der Waals surface area contributed by atoms with Crippen molar-refractivity contribution >= 4 is 18.0 Å². The first kappa shape index (κ1) is 22.5. The Morgan fingerprint density at radius 2 is 1.35 bits per heavy atom. The van der Waals surface area contributed by atoms with E-state index in [1.807, 2.05) is 54.6 Å². The fourth-order valence-electron chi connectivity index (χ4n) is 3.59. The Kier molecular flexibility index (Phi) is 8.18. The highest BCUT2D eigenvalue weighted by Gasteiger charge is 2.34. The van der Waals surface area contributed by atoms with Crippen molar-refractivity contribution in [2.24, 2.45) is 11.7 Å². The predicted molar refractivity (Wildman–Crippen MR) is 117 cm³/mol. The molecule has 2 aromatic rings. The van der Waals surface area contributed by atoms with Gasteiger partial charge in [-0.2, -0.15) is 4.90 Å². The van der Waals surface area contributed by atoms with E-state index in [-0.39, 0.29) is 25.0 Å². The molecule has 0 heterocycles. The molecule has 0 spiro atoms. The van der Waals surface area contributed by atoms with Gasteiger partial charge in [0.1, 0.15) is 19.0 Å². The van der Waals surface area contributed by atoms with Gasteiger partial charge < -0.3 is 15.2 Å². The summed E-state index contributed by atoms with van der Waals surface area (Å²) in [5.41, 5.74) is 8.15. The Morgan fingerprint density at radius 3 is 1.90 bits per heavy atom. The zero-order chi connectivity index (χ0) is 22.1. The minimum atomic E-state index is -0.892. The number of nitrogens with zero attached hydrogens (tertiary/aromatic N) is 1. The Morgan fingerprint density at radius 1 is 0.839 bits per heavy atom. The second kappa shape index (κ2) is 11.3. The number of amidine groups is 1. The molecule has 1 aliphatic carbocycles. The molecule has 164 valence electrons. The summed E-state index contributed by atoms with van der Waals surface area (Å²) in [6.07, 6.45) is 2.82. The Balaban J connectivity index is 1.67. The number of benzene rings is 2. The van der Waals surface area contributed by atoms with Crippen LogP contribution < -0.4 is 5.73 Å². The molecule has 0 aliphatic heterocycles. The quantitative estimate of drug-likeness (QED) is 0.504.